The van der Waals surface area contributed by atoms with E-state index in [1.807, 2.05) is 0 Å². The summed E-state index contributed by atoms with van der Waals surface area (Å²) in [4.78, 5) is 22.5. The number of ketones is 1. The van der Waals surface area contributed by atoms with E-state index >= 15 is 0 Å². The van der Waals surface area contributed by atoms with Crippen LogP contribution in [0.2, 0.25) is 0 Å². The average Bonchev–Trinajstić information content (AvgIpc) is 2.15. The lowest BCUT2D eigenvalue weighted by molar-refractivity contribution is -0.146. The summed E-state index contributed by atoms with van der Waals surface area (Å²) in [7, 11) is 0. The average molecular weight is 272 g/mol. The molecule has 0 saturated heterocycles. The number of aliphatic carboxylic acids is 1. The highest BCUT2D eigenvalue weighted by atomic mass is 35.6. The third-order valence-corrected chi connectivity index (χ3v) is 2.92. The van der Waals surface area contributed by atoms with Gasteiger partial charge in [0, 0.05) is 5.92 Å². The molecule has 15 heavy (non-hydrogen) atoms. The Hall–Kier alpha value is -0.250. The summed E-state index contributed by atoms with van der Waals surface area (Å²) in [6, 6.07) is 0. The molecule has 0 heterocycles. The third kappa shape index (κ3) is 3.10. The highest BCUT2D eigenvalue weighted by Gasteiger charge is 2.42. The zero-order valence-corrected chi connectivity index (χ0v) is 9.89. The van der Waals surface area contributed by atoms with Crippen molar-refractivity contribution in [3.05, 3.63) is 12.2 Å². The molecule has 0 saturated carbocycles. The van der Waals surface area contributed by atoms with Crippen molar-refractivity contribution in [1.29, 1.82) is 0 Å². The minimum absolute atomic E-state index is 0.298. The molecule has 0 aromatic rings. The number of hydrogen-bond donors (Lipinski definition) is 1. The van der Waals surface area contributed by atoms with Crippen molar-refractivity contribution < 1.29 is 14.7 Å². The van der Waals surface area contributed by atoms with Crippen LogP contribution < -0.4 is 0 Å². The molecule has 84 valence electrons. The van der Waals surface area contributed by atoms with E-state index in [0.29, 0.717) is 12.8 Å². The molecule has 0 aliphatic heterocycles. The second-order valence-corrected chi connectivity index (χ2v) is 5.64. The van der Waals surface area contributed by atoms with E-state index in [0.717, 1.165) is 0 Å². The van der Waals surface area contributed by atoms with Gasteiger partial charge in [-0.3, -0.25) is 9.59 Å². The Labute approximate surface area is 102 Å². The second kappa shape index (κ2) is 4.73. The lowest BCUT2D eigenvalue weighted by Gasteiger charge is -2.26. The van der Waals surface area contributed by atoms with Crippen LogP contribution in [0.3, 0.4) is 0 Å². The minimum atomic E-state index is -2.04. The number of halogens is 3. The monoisotopic (exact) mass is 270 g/mol. The predicted octanol–water partition coefficient (Wildman–Crippen LogP) is 2.59. The summed E-state index contributed by atoms with van der Waals surface area (Å²) in [5.74, 6) is -3.23. The van der Waals surface area contributed by atoms with Crippen molar-refractivity contribution in [3.63, 3.8) is 0 Å². The molecule has 0 aromatic heterocycles. The first-order chi connectivity index (χ1) is 6.84. The largest absolute Gasteiger partial charge is 0.481 e. The van der Waals surface area contributed by atoms with Crippen LogP contribution in [0.25, 0.3) is 0 Å². The van der Waals surface area contributed by atoms with Gasteiger partial charge in [-0.25, -0.2) is 0 Å². The first-order valence-electron chi connectivity index (χ1n) is 4.33. The summed E-state index contributed by atoms with van der Waals surface area (Å²) in [6.45, 7) is 0. The molecule has 1 N–H and O–H groups in total. The first-order valence-corrected chi connectivity index (χ1v) is 5.46. The Morgan fingerprint density at radius 3 is 2.00 bits per heavy atom. The molecular weight excluding hydrogens is 262 g/mol. The molecule has 3 nitrogen and oxygen atoms in total. The number of allylic oxidation sites excluding steroid dienone is 2. The van der Waals surface area contributed by atoms with Gasteiger partial charge in [0.05, 0.1) is 5.92 Å². The fourth-order valence-electron chi connectivity index (χ4n) is 1.59. The van der Waals surface area contributed by atoms with Crippen molar-refractivity contribution in [2.24, 2.45) is 11.8 Å². The van der Waals surface area contributed by atoms with Crippen LogP contribution in [-0.4, -0.2) is 20.7 Å². The van der Waals surface area contributed by atoms with Gasteiger partial charge < -0.3 is 5.11 Å². The van der Waals surface area contributed by atoms with E-state index in [9.17, 15) is 9.59 Å². The summed E-state index contributed by atoms with van der Waals surface area (Å²) in [5, 5.41) is 8.91. The van der Waals surface area contributed by atoms with Gasteiger partial charge in [-0.1, -0.05) is 47.0 Å². The number of Topliss-reactive ketones (excluding diaryl/α,β-unsaturated/α-hetero) is 1. The van der Waals surface area contributed by atoms with Gasteiger partial charge in [0.1, 0.15) is 0 Å². The van der Waals surface area contributed by atoms with E-state index < -0.39 is 27.4 Å². The van der Waals surface area contributed by atoms with E-state index in [1.165, 1.54) is 0 Å². The van der Waals surface area contributed by atoms with Crippen LogP contribution in [0.1, 0.15) is 12.8 Å². The molecule has 0 aromatic carbocycles. The molecule has 0 amide bonds. The fraction of sp³-hybridized carbons (Fsp3) is 0.556. The quantitative estimate of drug-likeness (QED) is 0.620. The minimum Gasteiger partial charge on any atom is -0.481 e. The third-order valence-electron chi connectivity index (χ3n) is 2.37. The Bertz CT molecular complexity index is 306. The van der Waals surface area contributed by atoms with E-state index in [4.69, 9.17) is 39.9 Å². The zero-order chi connectivity index (χ0) is 11.6. The lowest BCUT2D eigenvalue weighted by Crippen LogP contribution is -2.37. The molecule has 0 fully saturated rings. The van der Waals surface area contributed by atoms with Crippen molar-refractivity contribution in [1.82, 2.24) is 0 Å². The molecule has 0 spiro atoms. The number of carbonyl (C=O) groups is 2. The van der Waals surface area contributed by atoms with Crippen LogP contribution in [0.15, 0.2) is 12.2 Å². The first kappa shape index (κ1) is 12.8. The smallest absolute Gasteiger partial charge is 0.307 e. The molecule has 6 heteroatoms. The van der Waals surface area contributed by atoms with Crippen LogP contribution >= 0.6 is 34.8 Å². The SMILES string of the molecule is O=C(O)[C@@H]1CC=CC[C@H]1C(=O)C(Cl)(Cl)Cl. The molecule has 1 rings (SSSR count). The normalized spacial score (nSPS) is 26.3. The standard InChI is InChI=1S/C9H9Cl3O3/c10-9(11,12)7(13)5-3-1-2-4-6(5)8(14)15/h1-2,5-6H,3-4H2,(H,14,15)/t5-,6-/m1/s1. The highest BCUT2D eigenvalue weighted by Crippen LogP contribution is 2.36. The second-order valence-electron chi connectivity index (χ2n) is 3.36. The molecule has 0 radical (unpaired) electrons. The van der Waals surface area contributed by atoms with Crippen molar-refractivity contribution >= 4 is 46.6 Å². The van der Waals surface area contributed by atoms with Gasteiger partial charge in [-0.15, -0.1) is 0 Å². The summed E-state index contributed by atoms with van der Waals surface area (Å²) < 4.78 is -2.04. The van der Waals surface area contributed by atoms with E-state index in [2.05, 4.69) is 0 Å². The highest BCUT2D eigenvalue weighted by molar-refractivity contribution is 6.76. The Morgan fingerprint density at radius 1 is 1.13 bits per heavy atom. The van der Waals surface area contributed by atoms with Gasteiger partial charge in [0.2, 0.25) is 3.79 Å². The summed E-state index contributed by atoms with van der Waals surface area (Å²) in [6.07, 6.45) is 4.07. The number of carboxylic acids is 1. The molecule has 2 atom stereocenters. The fourth-order valence-corrected chi connectivity index (χ4v) is 2.01. The molecule has 0 unspecified atom stereocenters. The number of carboxylic acid groups (broad SMARTS) is 1. The number of rotatable bonds is 2. The van der Waals surface area contributed by atoms with Crippen LogP contribution in [0.5, 0.6) is 0 Å². The van der Waals surface area contributed by atoms with Gasteiger partial charge in [-0.2, -0.15) is 0 Å². The Balaban J connectivity index is 2.88. The van der Waals surface area contributed by atoms with Gasteiger partial charge >= 0.3 is 5.97 Å². The van der Waals surface area contributed by atoms with Gasteiger partial charge in [0.15, 0.2) is 5.78 Å². The van der Waals surface area contributed by atoms with Crippen LogP contribution in [-0.2, 0) is 9.59 Å². The zero-order valence-electron chi connectivity index (χ0n) is 7.62. The number of hydrogen-bond acceptors (Lipinski definition) is 2. The molecule has 1 aliphatic carbocycles. The van der Waals surface area contributed by atoms with Gasteiger partial charge in [-0.05, 0) is 12.8 Å². The topological polar surface area (TPSA) is 54.4 Å². The van der Waals surface area contributed by atoms with Gasteiger partial charge in [0.25, 0.3) is 0 Å². The van der Waals surface area contributed by atoms with Crippen LogP contribution in [0, 0.1) is 11.8 Å². The Kier molecular flexibility index (Phi) is 4.04. The molecule has 1 aliphatic rings. The Morgan fingerprint density at radius 2 is 1.60 bits per heavy atom. The van der Waals surface area contributed by atoms with Crippen LogP contribution in [0.4, 0.5) is 0 Å². The predicted molar refractivity (Wildman–Crippen MR) is 58.3 cm³/mol. The number of carbonyl (C=O) groups excluding carboxylic acids is 1. The van der Waals surface area contributed by atoms with Crippen molar-refractivity contribution in [2.75, 3.05) is 0 Å². The number of alkyl halides is 3. The van der Waals surface area contributed by atoms with Crippen molar-refractivity contribution in [2.45, 2.75) is 16.6 Å². The van der Waals surface area contributed by atoms with E-state index in [1.54, 1.807) is 12.2 Å². The molecular formula is C9H9Cl3O3. The van der Waals surface area contributed by atoms with E-state index in [-0.39, 0.29) is 0 Å². The maximum absolute atomic E-state index is 11.6. The maximum atomic E-state index is 11.6. The lowest BCUT2D eigenvalue weighted by atomic mass is 9.80. The molecule has 0 bridgehead atoms. The summed E-state index contributed by atoms with van der Waals surface area (Å²) in [5.41, 5.74) is 0. The van der Waals surface area contributed by atoms with Crippen molar-refractivity contribution in [3.8, 4) is 0 Å². The summed E-state index contributed by atoms with van der Waals surface area (Å²) >= 11 is 16.4. The maximum Gasteiger partial charge on any atom is 0.307 e.